The summed E-state index contributed by atoms with van der Waals surface area (Å²) in [5, 5.41) is 18.7. The van der Waals surface area contributed by atoms with Gasteiger partial charge in [0, 0.05) is 37.0 Å². The summed E-state index contributed by atoms with van der Waals surface area (Å²) in [4.78, 5) is 24.3. The number of carbonyl (C=O) groups excluding carboxylic acids is 1. The molecule has 0 saturated carbocycles. The molecule has 1 heterocycles. The molecule has 11 heteroatoms. The van der Waals surface area contributed by atoms with Gasteiger partial charge < -0.3 is 26.8 Å². The van der Waals surface area contributed by atoms with Gasteiger partial charge >= 0.3 is 5.97 Å². The summed E-state index contributed by atoms with van der Waals surface area (Å²) >= 11 is 14.7. The van der Waals surface area contributed by atoms with Gasteiger partial charge in [0.15, 0.2) is 0 Å². The van der Waals surface area contributed by atoms with Crippen LogP contribution in [0.15, 0.2) is 46.2 Å². The zero-order valence-electron chi connectivity index (χ0n) is 16.9. The van der Waals surface area contributed by atoms with E-state index in [4.69, 9.17) is 34.0 Å². The smallest absolute Gasteiger partial charge is 0.321 e. The number of hydrogen-bond acceptors (Lipinski definition) is 7. The number of carboxylic acid groups (broad SMARTS) is 1. The van der Waals surface area contributed by atoms with Crippen molar-refractivity contribution in [1.29, 1.82) is 0 Å². The van der Waals surface area contributed by atoms with Crippen LogP contribution in [-0.2, 0) is 9.59 Å². The Morgan fingerprint density at radius 3 is 2.61 bits per heavy atom. The second-order valence-electron chi connectivity index (χ2n) is 6.45. The number of amides is 1. The van der Waals surface area contributed by atoms with E-state index in [1.165, 1.54) is 11.8 Å². The fraction of sp³-hybridized carbons (Fsp3) is 0.300. The molecule has 1 amide bonds. The predicted molar refractivity (Wildman–Crippen MR) is 131 cm³/mol. The van der Waals surface area contributed by atoms with Gasteiger partial charge in [0.25, 0.3) is 0 Å². The number of likely N-dealkylation sites (N-methyl/N-ethyl adjacent to an activating group) is 2. The number of aliphatic carboxylic acids is 1. The van der Waals surface area contributed by atoms with Gasteiger partial charge in [-0.05, 0) is 50.5 Å². The SMILES string of the molecule is CN[C@@H](CSc1cc(Cl)ccc1N)C(=O)O.CN[C@H]1CSc2cc(Cl)ccc2NC1=O. The second kappa shape index (κ2) is 12.4. The van der Waals surface area contributed by atoms with E-state index in [0.29, 0.717) is 21.5 Å². The van der Waals surface area contributed by atoms with Crippen LogP contribution in [0.1, 0.15) is 0 Å². The number of carboxylic acids is 1. The Morgan fingerprint density at radius 1 is 1.29 bits per heavy atom. The highest BCUT2D eigenvalue weighted by atomic mass is 35.5. The van der Waals surface area contributed by atoms with Gasteiger partial charge in [-0.2, -0.15) is 0 Å². The van der Waals surface area contributed by atoms with Gasteiger partial charge in [-0.25, -0.2) is 0 Å². The normalized spacial score (nSPS) is 16.3. The van der Waals surface area contributed by atoms with E-state index in [1.54, 1.807) is 50.1 Å². The van der Waals surface area contributed by atoms with Crippen molar-refractivity contribution >= 4 is 70.0 Å². The Kier molecular flexibility index (Phi) is 10.3. The van der Waals surface area contributed by atoms with Gasteiger partial charge in [0.2, 0.25) is 5.91 Å². The molecule has 0 unspecified atom stereocenters. The van der Waals surface area contributed by atoms with E-state index >= 15 is 0 Å². The fourth-order valence-corrected chi connectivity index (χ4v) is 5.21. The number of nitrogens with two attached hydrogens (primary N) is 1. The van der Waals surface area contributed by atoms with Crippen molar-refractivity contribution in [1.82, 2.24) is 10.6 Å². The number of fused-ring (bicyclic) bond motifs is 1. The average molecular weight is 503 g/mol. The van der Waals surface area contributed by atoms with Crippen LogP contribution in [-0.4, -0.2) is 54.7 Å². The molecule has 6 N–H and O–H groups in total. The molecule has 3 rings (SSSR count). The Labute approximate surface area is 199 Å². The number of thioether (sulfide) groups is 2. The molecule has 0 fully saturated rings. The minimum absolute atomic E-state index is 0.00562. The quantitative estimate of drug-likeness (QED) is 0.300. The van der Waals surface area contributed by atoms with Gasteiger partial charge in [-0.15, -0.1) is 23.5 Å². The lowest BCUT2D eigenvalue weighted by Crippen LogP contribution is -2.39. The molecule has 0 aliphatic carbocycles. The zero-order valence-corrected chi connectivity index (χ0v) is 20.1. The third kappa shape index (κ3) is 7.78. The maximum Gasteiger partial charge on any atom is 0.321 e. The molecule has 168 valence electrons. The molecule has 0 spiro atoms. The number of benzene rings is 2. The van der Waals surface area contributed by atoms with Crippen molar-refractivity contribution in [2.24, 2.45) is 0 Å². The third-order valence-corrected chi connectivity index (χ3v) is 7.08. The van der Waals surface area contributed by atoms with Crippen molar-refractivity contribution in [3.8, 4) is 0 Å². The first-order valence-corrected chi connectivity index (χ1v) is 12.0. The Morgan fingerprint density at radius 2 is 1.97 bits per heavy atom. The van der Waals surface area contributed by atoms with Crippen LogP contribution in [0.4, 0.5) is 11.4 Å². The molecule has 1 aliphatic rings. The molecular formula is C20H24Cl2N4O3S2. The summed E-state index contributed by atoms with van der Waals surface area (Å²) in [6.45, 7) is 0. The minimum Gasteiger partial charge on any atom is -0.480 e. The molecule has 0 aromatic heterocycles. The van der Waals surface area contributed by atoms with Crippen LogP contribution in [0.2, 0.25) is 10.0 Å². The largest absolute Gasteiger partial charge is 0.480 e. The number of rotatable bonds is 6. The van der Waals surface area contributed by atoms with E-state index < -0.39 is 12.0 Å². The highest BCUT2D eigenvalue weighted by Gasteiger charge is 2.22. The number of carbonyl (C=O) groups is 2. The lowest BCUT2D eigenvalue weighted by Gasteiger charge is -2.11. The van der Waals surface area contributed by atoms with Gasteiger partial charge in [0.1, 0.15) is 6.04 Å². The monoisotopic (exact) mass is 502 g/mol. The molecule has 7 nitrogen and oxygen atoms in total. The molecule has 0 saturated heterocycles. The molecular weight excluding hydrogens is 479 g/mol. The van der Waals surface area contributed by atoms with Crippen molar-refractivity contribution in [2.45, 2.75) is 21.9 Å². The predicted octanol–water partition coefficient (Wildman–Crippen LogP) is 3.66. The molecule has 2 aromatic carbocycles. The Balaban J connectivity index is 0.000000220. The molecule has 0 radical (unpaired) electrons. The van der Waals surface area contributed by atoms with E-state index in [0.717, 1.165) is 21.2 Å². The first kappa shape index (κ1) is 25.6. The van der Waals surface area contributed by atoms with E-state index in [9.17, 15) is 9.59 Å². The number of hydrogen-bond donors (Lipinski definition) is 5. The molecule has 2 atom stereocenters. The second-order valence-corrected chi connectivity index (χ2v) is 9.45. The molecule has 1 aliphatic heterocycles. The first-order chi connectivity index (χ1) is 14.7. The maximum atomic E-state index is 11.7. The summed E-state index contributed by atoms with van der Waals surface area (Å²) in [6, 6.07) is 9.88. The van der Waals surface area contributed by atoms with Gasteiger partial charge in [0.05, 0.1) is 11.7 Å². The number of nitrogens with one attached hydrogen (secondary N) is 3. The van der Waals surface area contributed by atoms with Gasteiger partial charge in [-0.1, -0.05) is 23.2 Å². The average Bonchev–Trinajstić information content (AvgIpc) is 2.88. The van der Waals surface area contributed by atoms with E-state index in [2.05, 4.69) is 16.0 Å². The highest BCUT2D eigenvalue weighted by molar-refractivity contribution is 7.99. The first-order valence-electron chi connectivity index (χ1n) is 9.23. The number of halogens is 2. The highest BCUT2D eigenvalue weighted by Crippen LogP contribution is 2.33. The van der Waals surface area contributed by atoms with Crippen molar-refractivity contribution in [3.63, 3.8) is 0 Å². The van der Waals surface area contributed by atoms with Crippen molar-refractivity contribution in [2.75, 3.05) is 36.7 Å². The summed E-state index contributed by atoms with van der Waals surface area (Å²) in [5.41, 5.74) is 7.19. The summed E-state index contributed by atoms with van der Waals surface area (Å²) in [5.74, 6) is 0.244. The van der Waals surface area contributed by atoms with Crippen LogP contribution >= 0.6 is 46.7 Å². The lowest BCUT2D eigenvalue weighted by atomic mass is 10.3. The molecule has 31 heavy (non-hydrogen) atoms. The fourth-order valence-electron chi connectivity index (χ4n) is 2.49. The van der Waals surface area contributed by atoms with E-state index in [-0.39, 0.29) is 11.9 Å². The standard InChI is InChI=1S/C10H13ClN2O2S.C10H11ClN2OS/c1-13-8(10(14)15)5-16-9-4-6(11)2-3-7(9)12;1-12-8-5-15-9-4-6(11)2-3-7(9)13-10(8)14/h2-4,8,13H,5,12H2,1H3,(H,14,15);2-4,8,12H,5H2,1H3,(H,13,14)/t2*8-/m00/s1. The Bertz CT molecular complexity index is 933. The van der Waals surface area contributed by atoms with Crippen molar-refractivity contribution in [3.05, 3.63) is 46.4 Å². The minimum atomic E-state index is -0.879. The lowest BCUT2D eigenvalue weighted by molar-refractivity contribution is -0.138. The zero-order chi connectivity index (χ0) is 23.0. The van der Waals surface area contributed by atoms with Gasteiger partial charge in [-0.3, -0.25) is 9.59 Å². The van der Waals surface area contributed by atoms with Crippen LogP contribution < -0.4 is 21.7 Å². The maximum absolute atomic E-state index is 11.7. The van der Waals surface area contributed by atoms with Crippen LogP contribution in [0.25, 0.3) is 0 Å². The van der Waals surface area contributed by atoms with Crippen LogP contribution in [0, 0.1) is 0 Å². The van der Waals surface area contributed by atoms with Crippen molar-refractivity contribution < 1.29 is 14.7 Å². The summed E-state index contributed by atoms with van der Waals surface area (Å²) in [7, 11) is 3.40. The topological polar surface area (TPSA) is 116 Å². The number of anilines is 2. The molecule has 2 aromatic rings. The third-order valence-electron chi connectivity index (χ3n) is 4.30. The summed E-state index contributed by atoms with van der Waals surface area (Å²) in [6.07, 6.45) is 0. The van der Waals surface area contributed by atoms with E-state index in [1.807, 2.05) is 12.1 Å². The van der Waals surface area contributed by atoms with Crippen LogP contribution in [0.3, 0.4) is 0 Å². The molecule has 0 bridgehead atoms. The van der Waals surface area contributed by atoms with Crippen LogP contribution in [0.5, 0.6) is 0 Å². The Hall–Kier alpha value is -1.62. The summed E-state index contributed by atoms with van der Waals surface area (Å²) < 4.78 is 0. The number of nitrogen functional groups attached to an aromatic ring is 1.